The summed E-state index contributed by atoms with van der Waals surface area (Å²) in [6, 6.07) is 13.5. The molecule has 1 N–H and O–H groups in total. The minimum absolute atomic E-state index is 0.157. The van der Waals surface area contributed by atoms with Crippen molar-refractivity contribution in [3.63, 3.8) is 0 Å². The Balaban J connectivity index is 1.51. The second kappa shape index (κ2) is 9.08. The van der Waals surface area contributed by atoms with Crippen LogP contribution in [0, 0.1) is 12.7 Å². The number of aromatic amines is 1. The number of hydrogen-bond donors (Lipinski definition) is 1. The third-order valence-corrected chi connectivity index (χ3v) is 7.26. The molecular weight excluding hydrogens is 475 g/mol. The second-order valence-electron chi connectivity index (χ2n) is 7.51. The molecule has 34 heavy (non-hydrogen) atoms. The largest absolute Gasteiger partial charge is 0.460 e. The van der Waals surface area contributed by atoms with Crippen molar-refractivity contribution in [1.82, 2.24) is 9.97 Å². The van der Waals surface area contributed by atoms with E-state index < -0.39 is 5.97 Å². The van der Waals surface area contributed by atoms with Crippen molar-refractivity contribution >= 4 is 50.3 Å². The lowest BCUT2D eigenvalue weighted by Crippen LogP contribution is -2.09. The predicted octanol–water partition coefficient (Wildman–Crippen LogP) is 6.31. The van der Waals surface area contributed by atoms with Gasteiger partial charge in [0.1, 0.15) is 16.2 Å². The molecule has 0 aliphatic heterocycles. The van der Waals surface area contributed by atoms with Crippen molar-refractivity contribution in [2.75, 3.05) is 6.61 Å². The summed E-state index contributed by atoms with van der Waals surface area (Å²) in [5, 5.41) is 1.73. The zero-order valence-electron chi connectivity index (χ0n) is 18.3. The molecule has 0 aliphatic carbocycles. The molecule has 9 heteroatoms. The number of para-hydroxylation sites is 1. The molecule has 0 atom stereocenters. The first-order valence-electron chi connectivity index (χ1n) is 10.6. The number of benzene rings is 2. The number of halogens is 1. The highest BCUT2D eigenvalue weighted by Crippen LogP contribution is 2.37. The van der Waals surface area contributed by atoms with Crippen molar-refractivity contribution < 1.29 is 18.3 Å². The van der Waals surface area contributed by atoms with E-state index in [-0.39, 0.29) is 23.7 Å². The number of fused-ring (bicyclic) bond motifs is 2. The molecule has 3 heterocycles. The standard InChI is InChI=1S/C25H19FN2O4S2/c1-3-31-24(30)21-17(16-6-4-5-7-18(16)32-21)12-33-25-27-22(29)20-19(13(2)34-23(20)28-25)14-8-10-15(26)11-9-14/h4-11H,3,12H2,1-2H3,(H,27,28,29). The molecule has 3 aromatic heterocycles. The third kappa shape index (κ3) is 4.01. The zero-order chi connectivity index (χ0) is 23.8. The number of H-pyrrole nitrogens is 1. The number of esters is 1. The van der Waals surface area contributed by atoms with E-state index in [0.29, 0.717) is 32.3 Å². The number of thioether (sulfide) groups is 1. The van der Waals surface area contributed by atoms with E-state index in [4.69, 9.17) is 9.15 Å². The van der Waals surface area contributed by atoms with Gasteiger partial charge in [0, 0.05) is 27.1 Å². The monoisotopic (exact) mass is 494 g/mol. The maximum Gasteiger partial charge on any atom is 0.374 e. The summed E-state index contributed by atoms with van der Waals surface area (Å²) in [5.41, 5.74) is 2.54. The van der Waals surface area contributed by atoms with Crippen molar-refractivity contribution in [3.05, 3.63) is 80.9 Å². The van der Waals surface area contributed by atoms with Crippen LogP contribution in [-0.2, 0) is 10.5 Å². The molecule has 5 rings (SSSR count). The second-order valence-corrected chi connectivity index (χ2v) is 9.67. The number of aryl methyl sites for hydroxylation is 1. The highest BCUT2D eigenvalue weighted by molar-refractivity contribution is 7.98. The van der Waals surface area contributed by atoms with E-state index >= 15 is 0 Å². The Morgan fingerprint density at radius 2 is 1.97 bits per heavy atom. The van der Waals surface area contributed by atoms with Crippen LogP contribution in [0.15, 0.2) is 62.9 Å². The number of rotatable bonds is 6. The molecule has 0 aliphatic rings. The number of ether oxygens (including phenoxy) is 1. The van der Waals surface area contributed by atoms with Gasteiger partial charge in [-0.3, -0.25) is 4.79 Å². The van der Waals surface area contributed by atoms with E-state index in [1.54, 1.807) is 25.1 Å². The molecule has 0 saturated carbocycles. The predicted molar refractivity (Wildman–Crippen MR) is 132 cm³/mol. The lowest BCUT2D eigenvalue weighted by molar-refractivity contribution is 0.0491. The van der Waals surface area contributed by atoms with Gasteiger partial charge in [-0.05, 0) is 37.6 Å². The fourth-order valence-electron chi connectivity index (χ4n) is 3.88. The Morgan fingerprint density at radius 3 is 2.74 bits per heavy atom. The summed E-state index contributed by atoms with van der Waals surface area (Å²) >= 11 is 2.72. The molecule has 2 aromatic carbocycles. The fraction of sp³-hybridized carbons (Fsp3) is 0.160. The van der Waals surface area contributed by atoms with Crippen molar-refractivity contribution in [3.8, 4) is 11.1 Å². The van der Waals surface area contributed by atoms with Gasteiger partial charge in [-0.2, -0.15) is 0 Å². The third-order valence-electron chi connectivity index (χ3n) is 5.36. The Kier molecular flexibility index (Phi) is 5.97. The van der Waals surface area contributed by atoms with Gasteiger partial charge in [0.15, 0.2) is 5.16 Å². The number of thiophene rings is 1. The quantitative estimate of drug-likeness (QED) is 0.169. The van der Waals surface area contributed by atoms with Gasteiger partial charge in [-0.1, -0.05) is 42.1 Å². The van der Waals surface area contributed by atoms with Gasteiger partial charge in [-0.25, -0.2) is 14.2 Å². The minimum Gasteiger partial charge on any atom is -0.460 e. The van der Waals surface area contributed by atoms with E-state index in [1.807, 2.05) is 25.1 Å². The SMILES string of the molecule is CCOC(=O)c1oc2ccccc2c1CSc1nc2sc(C)c(-c3ccc(F)cc3)c2c(=O)[nH]1. The fourth-order valence-corrected chi connectivity index (χ4v) is 5.87. The lowest BCUT2D eigenvalue weighted by atomic mass is 10.0. The lowest BCUT2D eigenvalue weighted by Gasteiger charge is -2.04. The molecule has 0 spiro atoms. The number of furan rings is 1. The molecule has 0 bridgehead atoms. The van der Waals surface area contributed by atoms with Crippen LogP contribution in [0.2, 0.25) is 0 Å². The van der Waals surface area contributed by atoms with Crippen molar-refractivity contribution in [2.45, 2.75) is 24.8 Å². The van der Waals surface area contributed by atoms with Crippen LogP contribution in [0.3, 0.4) is 0 Å². The highest BCUT2D eigenvalue weighted by Gasteiger charge is 2.22. The molecule has 0 fully saturated rings. The normalized spacial score (nSPS) is 11.4. The van der Waals surface area contributed by atoms with E-state index in [9.17, 15) is 14.0 Å². The molecule has 0 radical (unpaired) electrons. The van der Waals surface area contributed by atoms with Crippen LogP contribution in [0.25, 0.3) is 32.3 Å². The van der Waals surface area contributed by atoms with Gasteiger partial charge in [0.25, 0.3) is 5.56 Å². The summed E-state index contributed by atoms with van der Waals surface area (Å²) in [5.74, 6) is -0.344. The molecule has 0 saturated heterocycles. The van der Waals surface area contributed by atoms with Gasteiger partial charge in [0.2, 0.25) is 5.76 Å². The Labute approximate surface area is 201 Å². The van der Waals surface area contributed by atoms with Crippen molar-refractivity contribution in [1.29, 1.82) is 0 Å². The Hall–Kier alpha value is -3.43. The first kappa shape index (κ1) is 22.4. The topological polar surface area (TPSA) is 85.2 Å². The molecule has 172 valence electrons. The number of aromatic nitrogens is 2. The van der Waals surface area contributed by atoms with Crippen LogP contribution < -0.4 is 5.56 Å². The Morgan fingerprint density at radius 1 is 1.21 bits per heavy atom. The number of carbonyl (C=O) groups excluding carboxylic acids is 1. The number of carbonyl (C=O) groups is 1. The van der Waals surface area contributed by atoms with Crippen LogP contribution in [0.1, 0.15) is 27.9 Å². The molecule has 0 unspecified atom stereocenters. The van der Waals surface area contributed by atoms with Gasteiger partial charge in [0.05, 0.1) is 12.0 Å². The molecule has 5 aromatic rings. The number of hydrogen-bond acceptors (Lipinski definition) is 7. The van der Waals surface area contributed by atoms with Crippen LogP contribution in [0.5, 0.6) is 0 Å². The summed E-state index contributed by atoms with van der Waals surface area (Å²) in [4.78, 5) is 34.5. The summed E-state index contributed by atoms with van der Waals surface area (Å²) in [6.45, 7) is 3.89. The summed E-state index contributed by atoms with van der Waals surface area (Å²) < 4.78 is 24.3. The average molecular weight is 495 g/mol. The first-order valence-corrected chi connectivity index (χ1v) is 12.4. The molecular formula is C25H19FN2O4S2. The minimum atomic E-state index is -0.524. The van der Waals surface area contributed by atoms with Crippen LogP contribution in [-0.4, -0.2) is 22.5 Å². The van der Waals surface area contributed by atoms with Gasteiger partial charge in [-0.15, -0.1) is 11.3 Å². The summed E-state index contributed by atoms with van der Waals surface area (Å²) in [7, 11) is 0. The van der Waals surface area contributed by atoms with Crippen LogP contribution >= 0.6 is 23.1 Å². The number of nitrogens with one attached hydrogen (secondary N) is 1. The zero-order valence-corrected chi connectivity index (χ0v) is 19.9. The van der Waals surface area contributed by atoms with E-state index in [2.05, 4.69) is 9.97 Å². The van der Waals surface area contributed by atoms with Gasteiger partial charge >= 0.3 is 5.97 Å². The molecule has 0 amide bonds. The smallest absolute Gasteiger partial charge is 0.374 e. The molecule has 6 nitrogen and oxygen atoms in total. The average Bonchev–Trinajstić information content (AvgIpc) is 3.36. The number of nitrogens with zero attached hydrogens (tertiary/aromatic N) is 1. The summed E-state index contributed by atoms with van der Waals surface area (Å²) in [6.07, 6.45) is 0. The van der Waals surface area contributed by atoms with E-state index in [0.717, 1.165) is 21.4 Å². The van der Waals surface area contributed by atoms with Crippen molar-refractivity contribution in [2.24, 2.45) is 0 Å². The highest BCUT2D eigenvalue weighted by atomic mass is 32.2. The first-order chi connectivity index (χ1) is 16.5. The van der Waals surface area contributed by atoms with Gasteiger partial charge < -0.3 is 14.1 Å². The maximum atomic E-state index is 13.4. The Bertz CT molecular complexity index is 1580. The van der Waals surface area contributed by atoms with Crippen LogP contribution in [0.4, 0.5) is 4.39 Å². The maximum absolute atomic E-state index is 13.4. The van der Waals surface area contributed by atoms with E-state index in [1.165, 1.54) is 35.2 Å².